The Morgan fingerprint density at radius 1 is 0.966 bits per heavy atom. The summed E-state index contributed by atoms with van der Waals surface area (Å²) in [4.78, 5) is 12.2. The van der Waals surface area contributed by atoms with E-state index >= 15 is 0 Å². The molecule has 7 nitrogen and oxygen atoms in total. The maximum absolute atomic E-state index is 12.2. The van der Waals surface area contributed by atoms with E-state index in [9.17, 15) is 4.79 Å². The van der Waals surface area contributed by atoms with Gasteiger partial charge in [-0.2, -0.15) is 0 Å². The molecule has 2 heterocycles. The van der Waals surface area contributed by atoms with Gasteiger partial charge in [0.05, 0.1) is 13.2 Å². The zero-order valence-electron chi connectivity index (χ0n) is 16.3. The van der Waals surface area contributed by atoms with E-state index in [1.807, 2.05) is 42.5 Å². The predicted molar refractivity (Wildman–Crippen MR) is 109 cm³/mol. The number of amides is 1. The molecule has 1 unspecified atom stereocenters. The van der Waals surface area contributed by atoms with Crippen LogP contribution in [0.2, 0.25) is 0 Å². The molecule has 4 rings (SSSR count). The van der Waals surface area contributed by atoms with Crippen LogP contribution in [0.25, 0.3) is 0 Å². The Morgan fingerprint density at radius 3 is 2.66 bits per heavy atom. The molecule has 0 spiro atoms. The SMILES string of the molecule is O=C(CCCNCC1COc2ccccc2O1)Nc1ccc2c(c1)OCCCO2. The highest BCUT2D eigenvalue weighted by atomic mass is 16.6. The third-order valence-corrected chi connectivity index (χ3v) is 4.73. The fourth-order valence-electron chi connectivity index (χ4n) is 3.27. The van der Waals surface area contributed by atoms with Gasteiger partial charge in [-0.05, 0) is 37.2 Å². The standard InChI is InChI=1S/C22H26N2O5/c25-22(24-16-8-9-19-21(13-16)27-12-4-11-26-19)7-3-10-23-14-17-15-28-18-5-1-2-6-20(18)29-17/h1-2,5-6,8-9,13,17,23H,3-4,7,10-12,14-15H2,(H,24,25). The lowest BCUT2D eigenvalue weighted by Crippen LogP contribution is -2.38. The minimum absolute atomic E-state index is 0.0209. The molecule has 0 fully saturated rings. The van der Waals surface area contributed by atoms with E-state index in [2.05, 4.69) is 10.6 Å². The summed E-state index contributed by atoms with van der Waals surface area (Å²) in [6, 6.07) is 13.2. The summed E-state index contributed by atoms with van der Waals surface area (Å²) in [5.41, 5.74) is 0.721. The third-order valence-electron chi connectivity index (χ3n) is 4.73. The normalized spacial score (nSPS) is 17.3. The van der Waals surface area contributed by atoms with Crippen LogP contribution in [0.3, 0.4) is 0 Å². The number of carbonyl (C=O) groups is 1. The summed E-state index contributed by atoms with van der Waals surface area (Å²) in [5.74, 6) is 2.95. The molecule has 29 heavy (non-hydrogen) atoms. The van der Waals surface area contributed by atoms with Gasteiger partial charge in [0.2, 0.25) is 5.91 Å². The molecule has 154 valence electrons. The molecule has 0 radical (unpaired) electrons. The van der Waals surface area contributed by atoms with Crippen LogP contribution < -0.4 is 29.6 Å². The number of benzene rings is 2. The summed E-state index contributed by atoms with van der Waals surface area (Å²) in [6.45, 7) is 3.20. The van der Waals surface area contributed by atoms with Gasteiger partial charge in [-0.3, -0.25) is 4.79 Å². The number of para-hydroxylation sites is 2. The van der Waals surface area contributed by atoms with Crippen molar-refractivity contribution < 1.29 is 23.7 Å². The predicted octanol–water partition coefficient (Wildman–Crippen LogP) is 3.00. The quantitative estimate of drug-likeness (QED) is 0.698. The van der Waals surface area contributed by atoms with Crippen LogP contribution in [0.5, 0.6) is 23.0 Å². The van der Waals surface area contributed by atoms with Crippen LogP contribution in [0.4, 0.5) is 5.69 Å². The van der Waals surface area contributed by atoms with Gasteiger partial charge in [-0.25, -0.2) is 0 Å². The molecule has 0 bridgehead atoms. The second-order valence-corrected chi connectivity index (χ2v) is 7.07. The summed E-state index contributed by atoms with van der Waals surface area (Å²) in [7, 11) is 0. The number of nitrogens with one attached hydrogen (secondary N) is 2. The van der Waals surface area contributed by atoms with Crippen LogP contribution in [0.15, 0.2) is 42.5 Å². The molecule has 0 saturated heterocycles. The van der Waals surface area contributed by atoms with Crippen molar-refractivity contribution >= 4 is 11.6 Å². The maximum atomic E-state index is 12.2. The van der Waals surface area contributed by atoms with Crippen molar-refractivity contribution in [2.75, 3.05) is 38.2 Å². The van der Waals surface area contributed by atoms with Crippen LogP contribution in [0.1, 0.15) is 19.3 Å². The highest BCUT2D eigenvalue weighted by Crippen LogP contribution is 2.32. The molecule has 2 aromatic carbocycles. The lowest BCUT2D eigenvalue weighted by Gasteiger charge is -2.26. The van der Waals surface area contributed by atoms with Gasteiger partial charge < -0.3 is 29.6 Å². The zero-order valence-corrected chi connectivity index (χ0v) is 16.3. The van der Waals surface area contributed by atoms with Crippen LogP contribution in [0, 0.1) is 0 Å². The smallest absolute Gasteiger partial charge is 0.224 e. The van der Waals surface area contributed by atoms with Gasteiger partial charge in [0, 0.05) is 31.1 Å². The molecule has 0 saturated carbocycles. The third kappa shape index (κ3) is 5.32. The molecule has 2 aliphatic rings. The number of carbonyl (C=O) groups excluding carboxylic acids is 1. The van der Waals surface area contributed by atoms with Crippen molar-refractivity contribution in [1.82, 2.24) is 5.32 Å². The van der Waals surface area contributed by atoms with E-state index in [1.165, 1.54) is 0 Å². The number of hydrogen-bond acceptors (Lipinski definition) is 6. The van der Waals surface area contributed by atoms with E-state index in [-0.39, 0.29) is 12.0 Å². The van der Waals surface area contributed by atoms with E-state index < -0.39 is 0 Å². The summed E-state index contributed by atoms with van der Waals surface area (Å²) < 4.78 is 22.9. The van der Waals surface area contributed by atoms with Gasteiger partial charge in [-0.15, -0.1) is 0 Å². The molecule has 1 atom stereocenters. The van der Waals surface area contributed by atoms with E-state index in [0.29, 0.717) is 38.5 Å². The number of hydrogen-bond donors (Lipinski definition) is 2. The van der Waals surface area contributed by atoms with Gasteiger partial charge in [0.1, 0.15) is 12.7 Å². The lowest BCUT2D eigenvalue weighted by atomic mass is 10.2. The average Bonchev–Trinajstić information content (AvgIpc) is 2.98. The topological polar surface area (TPSA) is 78.1 Å². The van der Waals surface area contributed by atoms with Gasteiger partial charge in [-0.1, -0.05) is 12.1 Å². The Labute approximate surface area is 170 Å². The van der Waals surface area contributed by atoms with E-state index in [0.717, 1.165) is 42.3 Å². The fourth-order valence-corrected chi connectivity index (χ4v) is 3.27. The molecule has 2 aliphatic heterocycles. The second-order valence-electron chi connectivity index (χ2n) is 7.07. The molecule has 0 aromatic heterocycles. The van der Waals surface area contributed by atoms with Crippen LogP contribution in [-0.2, 0) is 4.79 Å². The van der Waals surface area contributed by atoms with Crippen molar-refractivity contribution in [2.45, 2.75) is 25.4 Å². The monoisotopic (exact) mass is 398 g/mol. The summed E-state index contributed by atoms with van der Waals surface area (Å²) in [6.07, 6.45) is 2.00. The Balaban J connectivity index is 1.14. The van der Waals surface area contributed by atoms with Crippen molar-refractivity contribution in [1.29, 1.82) is 0 Å². The maximum Gasteiger partial charge on any atom is 0.224 e. The molecular weight excluding hydrogens is 372 g/mol. The Hall–Kier alpha value is -2.93. The Kier molecular flexibility index (Phi) is 6.36. The first kappa shape index (κ1) is 19.4. The highest BCUT2D eigenvalue weighted by molar-refractivity contribution is 5.91. The minimum atomic E-state index is -0.0273. The van der Waals surface area contributed by atoms with Gasteiger partial charge in [0.25, 0.3) is 0 Å². The van der Waals surface area contributed by atoms with Crippen LogP contribution in [-0.4, -0.2) is 44.9 Å². The first-order valence-electron chi connectivity index (χ1n) is 10.1. The molecule has 0 aliphatic carbocycles. The van der Waals surface area contributed by atoms with Crippen molar-refractivity contribution in [2.24, 2.45) is 0 Å². The Morgan fingerprint density at radius 2 is 1.76 bits per heavy atom. The van der Waals surface area contributed by atoms with Crippen molar-refractivity contribution in [3.63, 3.8) is 0 Å². The first-order valence-corrected chi connectivity index (χ1v) is 10.1. The fraction of sp³-hybridized carbons (Fsp3) is 0.409. The van der Waals surface area contributed by atoms with Crippen LogP contribution >= 0.6 is 0 Å². The minimum Gasteiger partial charge on any atom is -0.490 e. The number of ether oxygens (including phenoxy) is 4. The van der Waals surface area contributed by atoms with Crippen molar-refractivity contribution in [3.05, 3.63) is 42.5 Å². The molecule has 1 amide bonds. The molecular formula is C22H26N2O5. The van der Waals surface area contributed by atoms with E-state index in [4.69, 9.17) is 18.9 Å². The number of rotatable bonds is 7. The molecule has 7 heteroatoms. The molecule has 2 N–H and O–H groups in total. The second kappa shape index (κ2) is 9.52. The van der Waals surface area contributed by atoms with Crippen molar-refractivity contribution in [3.8, 4) is 23.0 Å². The average molecular weight is 398 g/mol. The first-order chi connectivity index (χ1) is 14.3. The molecule has 2 aromatic rings. The summed E-state index contributed by atoms with van der Waals surface area (Å²) >= 11 is 0. The largest absolute Gasteiger partial charge is 0.490 e. The van der Waals surface area contributed by atoms with Gasteiger partial charge in [0.15, 0.2) is 23.0 Å². The van der Waals surface area contributed by atoms with E-state index in [1.54, 1.807) is 0 Å². The summed E-state index contributed by atoms with van der Waals surface area (Å²) in [5, 5.41) is 6.25. The number of anilines is 1. The Bertz CT molecular complexity index is 842. The highest BCUT2D eigenvalue weighted by Gasteiger charge is 2.20. The lowest BCUT2D eigenvalue weighted by molar-refractivity contribution is -0.116. The van der Waals surface area contributed by atoms with Gasteiger partial charge >= 0.3 is 0 Å². The number of fused-ring (bicyclic) bond motifs is 2. The zero-order chi connectivity index (χ0) is 19.9.